The Hall–Kier alpha value is -2.40. The summed E-state index contributed by atoms with van der Waals surface area (Å²) in [6, 6.07) is 14.5. The molecule has 0 heterocycles. The second-order valence-corrected chi connectivity index (χ2v) is 5.94. The Balaban J connectivity index is 1.91. The zero-order valence-corrected chi connectivity index (χ0v) is 14.5. The fourth-order valence-electron chi connectivity index (χ4n) is 2.00. The Morgan fingerprint density at radius 2 is 1.79 bits per heavy atom. The average Bonchev–Trinajstić information content (AvgIpc) is 2.58. The van der Waals surface area contributed by atoms with E-state index < -0.39 is 5.97 Å². The number of carboxylic acids is 1. The quantitative estimate of drug-likeness (QED) is 0.408. The SMILES string of the molecule is O=C(O)CCCOc1ccc(C(=O)/C=C/c2ccccc2Br)cc1. The largest absolute Gasteiger partial charge is 0.494 e. The first-order valence-electron chi connectivity index (χ1n) is 7.48. The van der Waals surface area contributed by atoms with Crippen LogP contribution in [0.25, 0.3) is 6.08 Å². The van der Waals surface area contributed by atoms with Crippen molar-refractivity contribution in [3.8, 4) is 5.75 Å². The molecule has 5 heteroatoms. The van der Waals surface area contributed by atoms with E-state index in [0.717, 1.165) is 10.0 Å². The second-order valence-electron chi connectivity index (χ2n) is 5.09. The summed E-state index contributed by atoms with van der Waals surface area (Å²) in [5.41, 5.74) is 1.50. The second kappa shape index (κ2) is 9.03. The lowest BCUT2D eigenvalue weighted by Crippen LogP contribution is -2.02. The Morgan fingerprint density at radius 3 is 2.46 bits per heavy atom. The molecule has 0 aliphatic carbocycles. The highest BCUT2D eigenvalue weighted by molar-refractivity contribution is 9.10. The first-order chi connectivity index (χ1) is 11.6. The lowest BCUT2D eigenvalue weighted by Gasteiger charge is -2.05. The topological polar surface area (TPSA) is 63.6 Å². The molecule has 2 aromatic rings. The normalized spacial score (nSPS) is 10.7. The van der Waals surface area contributed by atoms with E-state index in [-0.39, 0.29) is 12.2 Å². The fraction of sp³-hybridized carbons (Fsp3) is 0.158. The fourth-order valence-corrected chi connectivity index (χ4v) is 2.42. The third kappa shape index (κ3) is 5.66. The van der Waals surface area contributed by atoms with E-state index in [0.29, 0.717) is 24.3 Å². The van der Waals surface area contributed by atoms with Crippen LogP contribution >= 0.6 is 15.9 Å². The van der Waals surface area contributed by atoms with Gasteiger partial charge in [0.2, 0.25) is 0 Å². The van der Waals surface area contributed by atoms with Gasteiger partial charge in [0, 0.05) is 16.5 Å². The molecule has 0 atom stereocenters. The summed E-state index contributed by atoms with van der Waals surface area (Å²) in [6.45, 7) is 0.335. The summed E-state index contributed by atoms with van der Waals surface area (Å²) in [5, 5.41) is 8.56. The van der Waals surface area contributed by atoms with Gasteiger partial charge in [-0.05, 0) is 54.5 Å². The first-order valence-corrected chi connectivity index (χ1v) is 8.27. The molecule has 0 aliphatic heterocycles. The van der Waals surface area contributed by atoms with E-state index in [1.54, 1.807) is 30.3 Å². The molecule has 0 unspecified atom stereocenters. The molecule has 0 amide bonds. The number of hydrogen-bond donors (Lipinski definition) is 1. The maximum atomic E-state index is 12.2. The van der Waals surface area contributed by atoms with E-state index >= 15 is 0 Å². The van der Waals surface area contributed by atoms with E-state index in [9.17, 15) is 9.59 Å². The van der Waals surface area contributed by atoms with Crippen molar-refractivity contribution in [2.75, 3.05) is 6.61 Å². The minimum Gasteiger partial charge on any atom is -0.494 e. The minimum atomic E-state index is -0.837. The summed E-state index contributed by atoms with van der Waals surface area (Å²) in [5.74, 6) is -0.314. The predicted molar refractivity (Wildman–Crippen MR) is 96.3 cm³/mol. The standard InChI is InChI=1S/C19H17BrO4/c20-17-5-2-1-4-14(17)9-12-18(21)15-7-10-16(11-8-15)24-13-3-6-19(22)23/h1-2,4-5,7-12H,3,6,13H2,(H,22,23)/b12-9+. The molecule has 24 heavy (non-hydrogen) atoms. The van der Waals surface area contributed by atoms with E-state index in [1.807, 2.05) is 24.3 Å². The van der Waals surface area contributed by atoms with Crippen molar-refractivity contribution < 1.29 is 19.4 Å². The van der Waals surface area contributed by atoms with Gasteiger partial charge in [-0.15, -0.1) is 0 Å². The van der Waals surface area contributed by atoms with Crippen molar-refractivity contribution in [2.24, 2.45) is 0 Å². The molecular formula is C19H17BrO4. The number of carbonyl (C=O) groups excluding carboxylic acids is 1. The van der Waals surface area contributed by atoms with Crippen LogP contribution in [-0.2, 0) is 4.79 Å². The Bertz CT molecular complexity index is 735. The third-order valence-corrected chi connectivity index (χ3v) is 3.98. The van der Waals surface area contributed by atoms with Crippen molar-refractivity contribution in [1.82, 2.24) is 0 Å². The molecule has 0 spiro atoms. The van der Waals surface area contributed by atoms with Crippen LogP contribution < -0.4 is 4.74 Å². The zero-order chi connectivity index (χ0) is 17.4. The van der Waals surface area contributed by atoms with Crippen LogP contribution in [0.1, 0.15) is 28.8 Å². The third-order valence-electron chi connectivity index (χ3n) is 3.26. The van der Waals surface area contributed by atoms with E-state index in [2.05, 4.69) is 15.9 Å². The molecule has 0 fully saturated rings. The van der Waals surface area contributed by atoms with Crippen LogP contribution in [0.5, 0.6) is 5.75 Å². The number of benzene rings is 2. The number of ketones is 1. The zero-order valence-electron chi connectivity index (χ0n) is 12.9. The predicted octanol–water partition coefficient (Wildman–Crippen LogP) is 4.59. The highest BCUT2D eigenvalue weighted by Crippen LogP contribution is 2.18. The molecule has 124 valence electrons. The van der Waals surface area contributed by atoms with Crippen LogP contribution in [0.2, 0.25) is 0 Å². The molecule has 0 radical (unpaired) electrons. The molecule has 4 nitrogen and oxygen atoms in total. The minimum absolute atomic E-state index is 0.0798. The lowest BCUT2D eigenvalue weighted by molar-refractivity contribution is -0.137. The van der Waals surface area contributed by atoms with Gasteiger partial charge in [0.25, 0.3) is 0 Å². The Kier molecular flexibility index (Phi) is 6.75. The number of carbonyl (C=O) groups is 2. The molecule has 0 saturated carbocycles. The average molecular weight is 389 g/mol. The monoisotopic (exact) mass is 388 g/mol. The van der Waals surface area contributed by atoms with Gasteiger partial charge < -0.3 is 9.84 Å². The van der Waals surface area contributed by atoms with Crippen LogP contribution in [0.3, 0.4) is 0 Å². The molecule has 0 aromatic heterocycles. The number of ether oxygens (including phenoxy) is 1. The van der Waals surface area contributed by atoms with Crippen molar-refractivity contribution in [1.29, 1.82) is 0 Å². The molecule has 0 bridgehead atoms. The van der Waals surface area contributed by atoms with Gasteiger partial charge in [-0.25, -0.2) is 0 Å². The molecular weight excluding hydrogens is 372 g/mol. The number of allylic oxidation sites excluding steroid dienone is 1. The Morgan fingerprint density at radius 1 is 1.08 bits per heavy atom. The number of carboxylic acid groups (broad SMARTS) is 1. The van der Waals surface area contributed by atoms with Crippen LogP contribution in [0, 0.1) is 0 Å². The summed E-state index contributed by atoms with van der Waals surface area (Å²) in [7, 11) is 0. The van der Waals surface area contributed by atoms with Crippen molar-refractivity contribution in [3.05, 3.63) is 70.2 Å². The van der Waals surface area contributed by atoms with Gasteiger partial charge >= 0.3 is 5.97 Å². The highest BCUT2D eigenvalue weighted by atomic mass is 79.9. The van der Waals surface area contributed by atoms with Gasteiger partial charge in [0.15, 0.2) is 5.78 Å². The van der Waals surface area contributed by atoms with Gasteiger partial charge in [0.1, 0.15) is 5.75 Å². The summed E-state index contributed by atoms with van der Waals surface area (Å²) < 4.78 is 6.37. The maximum Gasteiger partial charge on any atom is 0.303 e. The van der Waals surface area contributed by atoms with Gasteiger partial charge in [-0.1, -0.05) is 34.1 Å². The number of aliphatic carboxylic acids is 1. The molecule has 2 rings (SSSR count). The van der Waals surface area contributed by atoms with E-state index in [1.165, 1.54) is 6.08 Å². The number of rotatable bonds is 8. The summed E-state index contributed by atoms with van der Waals surface area (Å²) in [6.07, 6.45) is 3.83. The van der Waals surface area contributed by atoms with Crippen LogP contribution in [0.15, 0.2) is 59.1 Å². The van der Waals surface area contributed by atoms with E-state index in [4.69, 9.17) is 9.84 Å². The van der Waals surface area contributed by atoms with Crippen molar-refractivity contribution in [2.45, 2.75) is 12.8 Å². The lowest BCUT2D eigenvalue weighted by atomic mass is 10.1. The van der Waals surface area contributed by atoms with Crippen LogP contribution in [0.4, 0.5) is 0 Å². The maximum absolute atomic E-state index is 12.2. The van der Waals surface area contributed by atoms with Crippen LogP contribution in [-0.4, -0.2) is 23.5 Å². The molecule has 0 saturated heterocycles. The summed E-state index contributed by atoms with van der Waals surface area (Å²) >= 11 is 3.44. The van der Waals surface area contributed by atoms with Gasteiger partial charge in [0.05, 0.1) is 6.61 Å². The number of hydrogen-bond acceptors (Lipinski definition) is 3. The number of halogens is 1. The van der Waals surface area contributed by atoms with Crippen molar-refractivity contribution in [3.63, 3.8) is 0 Å². The van der Waals surface area contributed by atoms with Crippen molar-refractivity contribution >= 4 is 33.8 Å². The summed E-state index contributed by atoms with van der Waals surface area (Å²) in [4.78, 5) is 22.6. The first kappa shape index (κ1) is 17.9. The smallest absolute Gasteiger partial charge is 0.303 e. The molecule has 2 aromatic carbocycles. The molecule has 0 aliphatic rings. The van der Waals surface area contributed by atoms with Gasteiger partial charge in [-0.2, -0.15) is 0 Å². The molecule has 1 N–H and O–H groups in total. The highest BCUT2D eigenvalue weighted by Gasteiger charge is 2.03. The van der Waals surface area contributed by atoms with Gasteiger partial charge in [-0.3, -0.25) is 9.59 Å². The Labute approximate surface area is 148 Å².